The molecular formula is C22H31N3O5. The number of aromatic nitrogens is 1. The van der Waals surface area contributed by atoms with Crippen molar-refractivity contribution < 1.29 is 19.1 Å². The van der Waals surface area contributed by atoms with Crippen molar-refractivity contribution in [3.63, 3.8) is 0 Å². The molecule has 0 aromatic carbocycles. The van der Waals surface area contributed by atoms with Crippen molar-refractivity contribution >= 4 is 11.9 Å². The zero-order valence-electron chi connectivity index (χ0n) is 17.9. The maximum Gasteiger partial charge on any atom is 0.328 e. The van der Waals surface area contributed by atoms with Crippen LogP contribution in [-0.4, -0.2) is 72.7 Å². The van der Waals surface area contributed by atoms with Crippen molar-refractivity contribution in [3.8, 4) is 5.75 Å². The first-order chi connectivity index (χ1) is 14.5. The molecule has 1 saturated carbocycles. The van der Waals surface area contributed by atoms with Gasteiger partial charge in [-0.2, -0.15) is 0 Å². The van der Waals surface area contributed by atoms with Crippen molar-refractivity contribution in [1.29, 1.82) is 0 Å². The number of carbonyl (C=O) groups is 2. The third-order valence-corrected chi connectivity index (χ3v) is 6.57. The van der Waals surface area contributed by atoms with Gasteiger partial charge < -0.3 is 23.8 Å². The van der Waals surface area contributed by atoms with Gasteiger partial charge in [-0.1, -0.05) is 0 Å². The summed E-state index contributed by atoms with van der Waals surface area (Å²) in [5, 5.41) is 0. The van der Waals surface area contributed by atoms with Crippen LogP contribution in [-0.2, 0) is 22.5 Å². The number of fused-ring (bicyclic) bond motifs is 1. The number of hydrogen-bond acceptors (Lipinski definition) is 6. The largest absolute Gasteiger partial charge is 0.496 e. The molecule has 3 aliphatic rings. The highest BCUT2D eigenvalue weighted by atomic mass is 16.5. The highest BCUT2D eigenvalue weighted by Crippen LogP contribution is 2.31. The Kier molecular flexibility index (Phi) is 6.13. The van der Waals surface area contributed by atoms with Crippen LogP contribution in [0.25, 0.3) is 0 Å². The zero-order chi connectivity index (χ0) is 21.3. The molecule has 8 nitrogen and oxygen atoms in total. The molecule has 3 heterocycles. The Labute approximate surface area is 176 Å². The summed E-state index contributed by atoms with van der Waals surface area (Å²) in [6, 6.07) is 0.815. The number of rotatable bonds is 5. The lowest BCUT2D eigenvalue weighted by atomic mass is 9.99. The number of ether oxygens (including phenoxy) is 2. The molecule has 0 N–H and O–H groups in total. The summed E-state index contributed by atoms with van der Waals surface area (Å²) >= 11 is 0. The maximum atomic E-state index is 13.7. The average molecular weight is 418 g/mol. The number of carbonyl (C=O) groups excluding carboxylic acids is 2. The highest BCUT2D eigenvalue weighted by molar-refractivity contribution is 6.00. The first-order valence-corrected chi connectivity index (χ1v) is 10.9. The molecule has 1 amide bonds. The van der Waals surface area contributed by atoms with E-state index in [9.17, 15) is 14.4 Å². The molecule has 30 heavy (non-hydrogen) atoms. The van der Waals surface area contributed by atoms with Crippen LogP contribution in [0.2, 0.25) is 0 Å². The van der Waals surface area contributed by atoms with E-state index in [0.29, 0.717) is 37.2 Å². The third kappa shape index (κ3) is 4.10. The fourth-order valence-electron chi connectivity index (χ4n) is 4.73. The van der Waals surface area contributed by atoms with Gasteiger partial charge in [-0.05, 0) is 38.0 Å². The lowest BCUT2D eigenvalue weighted by Gasteiger charge is -2.34. The molecule has 1 saturated heterocycles. The molecule has 2 fully saturated rings. The van der Waals surface area contributed by atoms with Gasteiger partial charge in [0.15, 0.2) is 0 Å². The van der Waals surface area contributed by atoms with E-state index in [1.165, 1.54) is 33.1 Å². The van der Waals surface area contributed by atoms with Gasteiger partial charge >= 0.3 is 5.97 Å². The second-order valence-corrected chi connectivity index (χ2v) is 8.55. The Morgan fingerprint density at radius 1 is 1.07 bits per heavy atom. The van der Waals surface area contributed by atoms with Crippen molar-refractivity contribution in [1.82, 2.24) is 14.4 Å². The number of methoxy groups -OCH3 is 2. The van der Waals surface area contributed by atoms with E-state index in [-0.39, 0.29) is 11.5 Å². The van der Waals surface area contributed by atoms with Crippen LogP contribution in [0.3, 0.4) is 0 Å². The fraction of sp³-hybridized carbons (Fsp3) is 0.682. The van der Waals surface area contributed by atoms with Gasteiger partial charge in [-0.15, -0.1) is 0 Å². The van der Waals surface area contributed by atoms with Crippen LogP contribution >= 0.6 is 0 Å². The first kappa shape index (κ1) is 20.9. The number of hydrogen-bond donors (Lipinski definition) is 0. The van der Waals surface area contributed by atoms with Crippen molar-refractivity contribution in [2.75, 3.05) is 40.4 Å². The van der Waals surface area contributed by atoms with Crippen LogP contribution in [0.4, 0.5) is 0 Å². The summed E-state index contributed by atoms with van der Waals surface area (Å²) in [4.78, 5) is 42.8. The smallest absolute Gasteiger partial charge is 0.328 e. The predicted octanol–water partition coefficient (Wildman–Crippen LogP) is 1.29. The minimum atomic E-state index is -0.592. The second-order valence-electron chi connectivity index (χ2n) is 8.55. The van der Waals surface area contributed by atoms with Gasteiger partial charge in [0.25, 0.3) is 11.5 Å². The minimum absolute atomic E-state index is 0.144. The van der Waals surface area contributed by atoms with Crippen LogP contribution in [0.1, 0.15) is 48.2 Å². The molecule has 4 rings (SSSR count). The predicted molar refractivity (Wildman–Crippen MR) is 111 cm³/mol. The van der Waals surface area contributed by atoms with Crippen LogP contribution in [0, 0.1) is 5.92 Å². The second kappa shape index (κ2) is 8.79. The molecule has 1 unspecified atom stereocenters. The Hall–Kier alpha value is -2.35. The SMILES string of the molecule is COC(=O)C1CCCCN1C(=O)c1c(OC)cc(=O)n2c1CCN(CC1CC1)CC2. The number of amides is 1. The Morgan fingerprint density at radius 2 is 1.87 bits per heavy atom. The van der Waals surface area contributed by atoms with Gasteiger partial charge in [0.1, 0.15) is 17.4 Å². The van der Waals surface area contributed by atoms with E-state index >= 15 is 0 Å². The Bertz CT molecular complexity index is 876. The Morgan fingerprint density at radius 3 is 2.57 bits per heavy atom. The summed E-state index contributed by atoms with van der Waals surface area (Å²) in [6.45, 7) is 3.72. The van der Waals surface area contributed by atoms with Crippen molar-refractivity contribution in [2.45, 2.75) is 51.1 Å². The number of pyridine rings is 1. The summed E-state index contributed by atoms with van der Waals surface area (Å²) in [7, 11) is 2.83. The molecule has 1 aromatic heterocycles. The van der Waals surface area contributed by atoms with Gasteiger partial charge in [-0.25, -0.2) is 4.79 Å². The average Bonchev–Trinajstić information content (AvgIpc) is 3.60. The summed E-state index contributed by atoms with van der Waals surface area (Å²) < 4.78 is 12.1. The van der Waals surface area contributed by atoms with E-state index in [4.69, 9.17) is 9.47 Å². The van der Waals surface area contributed by atoms with E-state index < -0.39 is 12.0 Å². The zero-order valence-corrected chi connectivity index (χ0v) is 17.9. The molecule has 0 bridgehead atoms. The lowest BCUT2D eigenvalue weighted by molar-refractivity contribution is -0.147. The monoisotopic (exact) mass is 417 g/mol. The van der Waals surface area contributed by atoms with Gasteiger partial charge in [-0.3, -0.25) is 9.59 Å². The lowest BCUT2D eigenvalue weighted by Crippen LogP contribution is -2.49. The maximum absolute atomic E-state index is 13.7. The van der Waals surface area contributed by atoms with Crippen molar-refractivity contribution in [2.24, 2.45) is 5.92 Å². The number of esters is 1. The number of nitrogens with zero attached hydrogens (tertiary/aromatic N) is 3. The van der Waals surface area contributed by atoms with E-state index in [0.717, 1.165) is 44.1 Å². The molecule has 0 radical (unpaired) electrons. The van der Waals surface area contributed by atoms with Gasteiger partial charge in [0.05, 0.1) is 14.2 Å². The van der Waals surface area contributed by atoms with Crippen LogP contribution in [0.15, 0.2) is 10.9 Å². The number of piperidine rings is 1. The summed E-state index contributed by atoms with van der Waals surface area (Å²) in [5.74, 6) is 0.423. The van der Waals surface area contributed by atoms with Gasteiger partial charge in [0.2, 0.25) is 0 Å². The topological polar surface area (TPSA) is 81.1 Å². The highest BCUT2D eigenvalue weighted by Gasteiger charge is 2.37. The van der Waals surface area contributed by atoms with Crippen LogP contribution in [0.5, 0.6) is 5.75 Å². The molecule has 1 atom stereocenters. The molecule has 0 spiro atoms. The fourth-order valence-corrected chi connectivity index (χ4v) is 4.73. The summed E-state index contributed by atoms with van der Waals surface area (Å²) in [6.07, 6.45) is 5.48. The summed E-state index contributed by atoms with van der Waals surface area (Å²) in [5.41, 5.74) is 0.993. The van der Waals surface area contributed by atoms with Crippen LogP contribution < -0.4 is 10.3 Å². The molecule has 1 aromatic rings. The molecule has 1 aliphatic carbocycles. The third-order valence-electron chi connectivity index (χ3n) is 6.57. The molecule has 2 aliphatic heterocycles. The van der Waals surface area contributed by atoms with Gasteiger partial charge in [0, 0.05) is 50.9 Å². The molecular weight excluding hydrogens is 386 g/mol. The Balaban J connectivity index is 1.69. The van der Waals surface area contributed by atoms with E-state index in [2.05, 4.69) is 4.90 Å². The quantitative estimate of drug-likeness (QED) is 0.672. The molecule has 164 valence electrons. The first-order valence-electron chi connectivity index (χ1n) is 10.9. The normalized spacial score (nSPS) is 22.2. The number of likely N-dealkylation sites (tertiary alicyclic amines) is 1. The standard InChI is InChI=1S/C22H31N3O5/c1-29-18-13-19(26)24-12-11-23(14-15-6-7-15)10-8-16(24)20(18)21(27)25-9-4-3-5-17(25)22(28)30-2/h13,15,17H,3-12,14H2,1-2H3. The minimum Gasteiger partial charge on any atom is -0.496 e. The van der Waals surface area contributed by atoms with E-state index in [1.54, 1.807) is 9.47 Å². The molecule has 8 heteroatoms. The van der Waals surface area contributed by atoms with E-state index in [1.807, 2.05) is 0 Å². The van der Waals surface area contributed by atoms with Crippen molar-refractivity contribution in [3.05, 3.63) is 27.7 Å².